The summed E-state index contributed by atoms with van der Waals surface area (Å²) in [5.74, 6) is 1.51. The molecule has 10 heteroatoms. The monoisotopic (exact) mass is 417 g/mol. The van der Waals surface area contributed by atoms with Gasteiger partial charge in [0.15, 0.2) is 12.1 Å². The number of fused-ring (bicyclic) bond motifs is 1. The Kier molecular flexibility index (Phi) is 7.15. The van der Waals surface area contributed by atoms with E-state index in [1.807, 2.05) is 0 Å². The highest BCUT2D eigenvalue weighted by molar-refractivity contribution is 5.70. The van der Waals surface area contributed by atoms with Crippen molar-refractivity contribution in [3.05, 3.63) is 40.3 Å². The number of hydrogen-bond donors (Lipinski definition) is 0. The van der Waals surface area contributed by atoms with Crippen LogP contribution in [0, 0.1) is 12.3 Å². The summed E-state index contributed by atoms with van der Waals surface area (Å²) < 4.78 is 33.7. The SMILES string of the molecule is C#CCOc1ccccc1COC(=O)CO[C@@H]1[C@H]2OC(C)(C)O[C@H]2O[C@@H]1CN=[N+]=[N-]. The highest BCUT2D eigenvalue weighted by Crippen LogP contribution is 2.38. The number of esters is 1. The average molecular weight is 417 g/mol. The molecule has 0 N–H and O–H groups in total. The van der Waals surface area contributed by atoms with Crippen LogP contribution in [-0.2, 0) is 35.1 Å². The predicted molar refractivity (Wildman–Crippen MR) is 103 cm³/mol. The third-order valence-corrected chi connectivity index (χ3v) is 4.48. The lowest BCUT2D eigenvalue weighted by molar-refractivity contribution is -0.217. The second-order valence-corrected chi connectivity index (χ2v) is 7.09. The summed E-state index contributed by atoms with van der Waals surface area (Å²) in [5, 5.41) is 3.53. The zero-order valence-electron chi connectivity index (χ0n) is 16.7. The molecule has 0 spiro atoms. The number of carbonyl (C=O) groups excluding carboxylic acids is 1. The van der Waals surface area contributed by atoms with Crippen molar-refractivity contribution in [2.75, 3.05) is 19.8 Å². The van der Waals surface area contributed by atoms with Gasteiger partial charge in [0.1, 0.15) is 37.8 Å². The van der Waals surface area contributed by atoms with Gasteiger partial charge in [0.2, 0.25) is 0 Å². The predicted octanol–water partition coefficient (Wildman–Crippen LogP) is 2.31. The van der Waals surface area contributed by atoms with Crippen LogP contribution in [0.3, 0.4) is 0 Å². The van der Waals surface area contributed by atoms with Gasteiger partial charge in [-0.25, -0.2) is 4.79 Å². The van der Waals surface area contributed by atoms with Gasteiger partial charge < -0.3 is 28.4 Å². The number of benzene rings is 1. The maximum Gasteiger partial charge on any atom is 0.332 e. The van der Waals surface area contributed by atoms with Crippen LogP contribution in [0.25, 0.3) is 10.4 Å². The lowest BCUT2D eigenvalue weighted by Crippen LogP contribution is -2.39. The topological polar surface area (TPSA) is 121 Å². The molecule has 1 aromatic carbocycles. The van der Waals surface area contributed by atoms with Crippen molar-refractivity contribution in [3.63, 3.8) is 0 Å². The molecule has 10 nitrogen and oxygen atoms in total. The highest BCUT2D eigenvalue weighted by atomic mass is 16.8. The molecular formula is C20H23N3O7. The maximum absolute atomic E-state index is 12.2. The number of azide groups is 1. The van der Waals surface area contributed by atoms with Gasteiger partial charge in [0.05, 0.1) is 12.6 Å². The molecule has 0 bridgehead atoms. The number of nitrogens with zero attached hydrogens (tertiary/aromatic N) is 3. The third kappa shape index (κ3) is 5.42. The van der Waals surface area contributed by atoms with E-state index in [1.54, 1.807) is 38.1 Å². The van der Waals surface area contributed by atoms with E-state index < -0.39 is 36.4 Å². The Morgan fingerprint density at radius 2 is 2.17 bits per heavy atom. The Hall–Kier alpha value is -2.80. The van der Waals surface area contributed by atoms with Gasteiger partial charge in [0, 0.05) is 10.5 Å². The first kappa shape index (κ1) is 21.9. The summed E-state index contributed by atoms with van der Waals surface area (Å²) in [4.78, 5) is 15.0. The molecule has 2 aliphatic rings. The number of hydrogen-bond acceptors (Lipinski definition) is 8. The van der Waals surface area contributed by atoms with Crippen LogP contribution in [0.2, 0.25) is 0 Å². The lowest BCUT2D eigenvalue weighted by atomic mass is 10.1. The number of para-hydroxylation sites is 1. The number of rotatable bonds is 9. The number of ether oxygens (including phenoxy) is 6. The van der Waals surface area contributed by atoms with Crippen LogP contribution in [0.4, 0.5) is 0 Å². The summed E-state index contributed by atoms with van der Waals surface area (Å²) >= 11 is 0. The normalized spacial score (nSPS) is 26.3. The molecule has 0 aromatic heterocycles. The van der Waals surface area contributed by atoms with E-state index in [0.29, 0.717) is 11.3 Å². The van der Waals surface area contributed by atoms with E-state index in [4.69, 9.17) is 40.4 Å². The Labute approximate surface area is 174 Å². The van der Waals surface area contributed by atoms with Crippen LogP contribution in [-0.4, -0.2) is 56.1 Å². The molecule has 2 heterocycles. The zero-order chi connectivity index (χ0) is 21.6. The largest absolute Gasteiger partial charge is 0.481 e. The molecule has 3 rings (SSSR count). The number of terminal acetylenes is 1. The van der Waals surface area contributed by atoms with Crippen molar-refractivity contribution in [1.29, 1.82) is 0 Å². The quantitative estimate of drug-likeness (QED) is 0.199. The van der Waals surface area contributed by atoms with Gasteiger partial charge in [-0.15, -0.1) is 6.42 Å². The molecule has 1 aromatic rings. The van der Waals surface area contributed by atoms with Crippen LogP contribution in [0.5, 0.6) is 5.75 Å². The molecule has 2 fully saturated rings. The van der Waals surface area contributed by atoms with Crippen LogP contribution in [0.15, 0.2) is 29.4 Å². The van der Waals surface area contributed by atoms with E-state index >= 15 is 0 Å². The first-order valence-electron chi connectivity index (χ1n) is 9.37. The smallest absolute Gasteiger partial charge is 0.332 e. The van der Waals surface area contributed by atoms with E-state index in [2.05, 4.69) is 15.9 Å². The molecule has 160 valence electrons. The Morgan fingerprint density at radius 1 is 1.37 bits per heavy atom. The van der Waals surface area contributed by atoms with E-state index in [-0.39, 0.29) is 26.4 Å². The van der Waals surface area contributed by atoms with Crippen molar-refractivity contribution in [2.45, 2.75) is 50.8 Å². The first-order valence-corrected chi connectivity index (χ1v) is 9.37. The van der Waals surface area contributed by atoms with Gasteiger partial charge in [-0.2, -0.15) is 0 Å². The minimum absolute atomic E-state index is 0.00492. The molecule has 0 amide bonds. The molecule has 0 saturated carbocycles. The molecular weight excluding hydrogens is 394 g/mol. The molecule has 2 saturated heterocycles. The zero-order valence-corrected chi connectivity index (χ0v) is 16.7. The summed E-state index contributed by atoms with van der Waals surface area (Å²) in [6, 6.07) is 7.12. The average Bonchev–Trinajstić information content (AvgIpc) is 3.19. The highest BCUT2D eigenvalue weighted by Gasteiger charge is 2.55. The molecule has 0 radical (unpaired) electrons. The summed E-state index contributed by atoms with van der Waals surface area (Å²) in [5.41, 5.74) is 9.26. The number of carbonyl (C=O) groups is 1. The molecule has 0 unspecified atom stereocenters. The second-order valence-electron chi connectivity index (χ2n) is 7.09. The third-order valence-electron chi connectivity index (χ3n) is 4.48. The van der Waals surface area contributed by atoms with Crippen molar-refractivity contribution >= 4 is 5.97 Å². The maximum atomic E-state index is 12.2. The fourth-order valence-corrected chi connectivity index (χ4v) is 3.26. The van der Waals surface area contributed by atoms with Crippen molar-refractivity contribution < 1.29 is 33.2 Å². The van der Waals surface area contributed by atoms with E-state index in [9.17, 15) is 4.79 Å². The molecule has 30 heavy (non-hydrogen) atoms. The molecule has 2 aliphatic heterocycles. The van der Waals surface area contributed by atoms with E-state index in [1.165, 1.54) is 0 Å². The Morgan fingerprint density at radius 3 is 2.93 bits per heavy atom. The summed E-state index contributed by atoms with van der Waals surface area (Å²) in [6.45, 7) is 3.32. The first-order chi connectivity index (χ1) is 14.4. The van der Waals surface area contributed by atoms with Gasteiger partial charge in [-0.1, -0.05) is 29.2 Å². The van der Waals surface area contributed by atoms with Crippen LogP contribution in [0.1, 0.15) is 19.4 Å². The van der Waals surface area contributed by atoms with Crippen LogP contribution < -0.4 is 4.74 Å². The Bertz CT molecular complexity index is 847. The summed E-state index contributed by atoms with van der Waals surface area (Å²) in [6.07, 6.45) is 2.74. The minimum atomic E-state index is -0.844. The fourth-order valence-electron chi connectivity index (χ4n) is 3.26. The molecule has 4 atom stereocenters. The van der Waals surface area contributed by atoms with E-state index in [0.717, 1.165) is 0 Å². The van der Waals surface area contributed by atoms with Crippen LogP contribution >= 0.6 is 0 Å². The lowest BCUT2D eigenvalue weighted by Gasteiger charge is -2.24. The van der Waals surface area contributed by atoms with Gasteiger partial charge in [-0.05, 0) is 25.4 Å². The van der Waals surface area contributed by atoms with Gasteiger partial charge in [-0.3, -0.25) is 0 Å². The second kappa shape index (κ2) is 9.80. The minimum Gasteiger partial charge on any atom is -0.481 e. The van der Waals surface area contributed by atoms with Gasteiger partial charge in [0.25, 0.3) is 0 Å². The fraction of sp³-hybridized carbons (Fsp3) is 0.550. The molecule has 0 aliphatic carbocycles. The summed E-state index contributed by atoms with van der Waals surface area (Å²) in [7, 11) is 0. The van der Waals surface area contributed by atoms with Crippen molar-refractivity contribution in [2.24, 2.45) is 5.11 Å². The van der Waals surface area contributed by atoms with Crippen molar-refractivity contribution in [3.8, 4) is 18.1 Å². The van der Waals surface area contributed by atoms with Gasteiger partial charge >= 0.3 is 5.97 Å². The Balaban J connectivity index is 1.55. The standard InChI is InChI=1S/C20H23N3O7/c1-4-9-25-14-8-6-5-7-13(14)11-26-16(24)12-27-17-15(10-22-23-21)28-19-18(17)29-20(2,3)30-19/h1,5-8,15,17-19H,9-12H2,2-3H3/t15-,17+,18-,19-/m1/s1. The van der Waals surface area contributed by atoms with Crippen molar-refractivity contribution in [1.82, 2.24) is 0 Å².